The fourth-order valence-electron chi connectivity index (χ4n) is 1.16. The van der Waals surface area contributed by atoms with E-state index in [2.05, 4.69) is 10.1 Å². The number of amides is 1. The number of aromatic nitrogens is 3. The van der Waals surface area contributed by atoms with Crippen molar-refractivity contribution in [1.82, 2.24) is 15.2 Å². The zero-order chi connectivity index (χ0) is 14.9. The molecule has 0 unspecified atom stereocenters. The van der Waals surface area contributed by atoms with E-state index in [4.69, 9.17) is 0 Å². The molecule has 2 heterocycles. The number of rotatable bonds is 3. The lowest BCUT2D eigenvalue weighted by atomic mass is 10.3. The second-order valence-electron chi connectivity index (χ2n) is 3.39. The Kier molecular flexibility index (Phi) is 3.40. The molecule has 0 aliphatic rings. The van der Waals surface area contributed by atoms with Crippen LogP contribution in [0.15, 0.2) is 11.4 Å². The number of alkyl halides is 3. The molecule has 0 bridgehead atoms. The number of carbonyl (C=O) groups excluding carboxylic acids is 1. The lowest BCUT2D eigenvalue weighted by molar-refractivity contribution is -0.380. The van der Waals surface area contributed by atoms with Crippen molar-refractivity contribution in [2.24, 2.45) is 0 Å². The standard InChI is InChI=1S/C8H4F3N5O3S/c9-8(10,11)6-13-7(15-14-6)12-5(17)3-1-4(16(18)19)20-2-3/h1-2H,(H2,12,13,14,15,17). The van der Waals surface area contributed by atoms with Gasteiger partial charge in [-0.25, -0.2) is 0 Å². The molecular weight excluding hydrogens is 303 g/mol. The number of nitrogens with one attached hydrogen (secondary N) is 2. The highest BCUT2D eigenvalue weighted by Crippen LogP contribution is 2.26. The normalized spacial score (nSPS) is 11.3. The van der Waals surface area contributed by atoms with Crippen LogP contribution in [0.4, 0.5) is 24.1 Å². The van der Waals surface area contributed by atoms with Crippen LogP contribution in [0.25, 0.3) is 0 Å². The van der Waals surface area contributed by atoms with Crippen LogP contribution >= 0.6 is 11.3 Å². The van der Waals surface area contributed by atoms with Crippen molar-refractivity contribution in [2.45, 2.75) is 6.18 Å². The Morgan fingerprint density at radius 3 is 2.70 bits per heavy atom. The summed E-state index contributed by atoms with van der Waals surface area (Å²) in [5.74, 6) is -2.78. The van der Waals surface area contributed by atoms with Crippen LogP contribution < -0.4 is 5.32 Å². The third-order valence-electron chi connectivity index (χ3n) is 2.01. The lowest BCUT2D eigenvalue weighted by Gasteiger charge is -1.99. The number of nitro groups is 1. The molecule has 1 amide bonds. The van der Waals surface area contributed by atoms with E-state index in [0.29, 0.717) is 0 Å². The summed E-state index contributed by atoms with van der Waals surface area (Å²) >= 11 is 0.717. The van der Waals surface area contributed by atoms with Crippen molar-refractivity contribution in [3.05, 3.63) is 32.9 Å². The minimum absolute atomic E-state index is 0.0694. The predicted molar refractivity (Wildman–Crippen MR) is 60.3 cm³/mol. The first-order chi connectivity index (χ1) is 9.27. The molecule has 0 fully saturated rings. The Morgan fingerprint density at radius 1 is 1.50 bits per heavy atom. The SMILES string of the molecule is O=C(Nc1n[nH]c(C(F)(F)F)n1)c1csc([N+](=O)[O-])c1. The van der Waals surface area contributed by atoms with Gasteiger partial charge in [0.2, 0.25) is 11.8 Å². The molecule has 0 aromatic carbocycles. The van der Waals surface area contributed by atoms with Crippen molar-refractivity contribution in [2.75, 3.05) is 5.32 Å². The summed E-state index contributed by atoms with van der Waals surface area (Å²) in [7, 11) is 0. The monoisotopic (exact) mass is 307 g/mol. The van der Waals surface area contributed by atoms with Gasteiger partial charge in [-0.3, -0.25) is 25.3 Å². The summed E-state index contributed by atoms with van der Waals surface area (Å²) in [6.45, 7) is 0. The molecule has 12 heteroatoms. The molecule has 2 aromatic rings. The maximum Gasteiger partial charge on any atom is 0.451 e. The van der Waals surface area contributed by atoms with Crippen LogP contribution in [0.3, 0.4) is 0 Å². The summed E-state index contributed by atoms with van der Waals surface area (Å²) < 4.78 is 36.7. The van der Waals surface area contributed by atoms with Crippen molar-refractivity contribution in [1.29, 1.82) is 0 Å². The van der Waals surface area contributed by atoms with Gasteiger partial charge in [0.15, 0.2) is 0 Å². The van der Waals surface area contributed by atoms with Crippen molar-refractivity contribution in [3.63, 3.8) is 0 Å². The number of thiophene rings is 1. The molecule has 8 nitrogen and oxygen atoms in total. The van der Waals surface area contributed by atoms with Crippen LogP contribution in [0.2, 0.25) is 0 Å². The highest BCUT2D eigenvalue weighted by molar-refractivity contribution is 7.13. The van der Waals surface area contributed by atoms with Crippen LogP contribution in [0.5, 0.6) is 0 Å². The van der Waals surface area contributed by atoms with Gasteiger partial charge in [0.1, 0.15) is 0 Å². The Labute approximate surface area is 111 Å². The Balaban J connectivity index is 2.11. The second kappa shape index (κ2) is 4.88. The molecule has 106 valence electrons. The number of hydrogen-bond donors (Lipinski definition) is 2. The molecule has 0 saturated carbocycles. The zero-order valence-electron chi connectivity index (χ0n) is 9.26. The first kappa shape index (κ1) is 13.9. The number of carbonyl (C=O) groups is 1. The van der Waals surface area contributed by atoms with Crippen molar-refractivity contribution < 1.29 is 22.9 Å². The van der Waals surface area contributed by atoms with Gasteiger partial charge in [-0.2, -0.15) is 18.2 Å². The highest BCUT2D eigenvalue weighted by atomic mass is 32.1. The van der Waals surface area contributed by atoms with E-state index in [-0.39, 0.29) is 10.6 Å². The van der Waals surface area contributed by atoms with Crippen molar-refractivity contribution >= 4 is 28.2 Å². The molecule has 0 aliphatic heterocycles. The number of aromatic amines is 1. The number of H-pyrrole nitrogens is 1. The predicted octanol–water partition coefficient (Wildman–Crippen LogP) is 2.05. The average molecular weight is 307 g/mol. The van der Waals surface area contributed by atoms with Crippen LogP contribution in [0.1, 0.15) is 16.2 Å². The third kappa shape index (κ3) is 2.90. The number of hydrogen-bond acceptors (Lipinski definition) is 6. The quantitative estimate of drug-likeness (QED) is 0.665. The highest BCUT2D eigenvalue weighted by Gasteiger charge is 2.35. The second-order valence-corrected chi connectivity index (χ2v) is 4.28. The summed E-state index contributed by atoms with van der Waals surface area (Å²) in [5.41, 5.74) is -0.0694. The molecule has 0 radical (unpaired) electrons. The lowest BCUT2D eigenvalue weighted by Crippen LogP contribution is -2.12. The average Bonchev–Trinajstić information content (AvgIpc) is 2.95. The zero-order valence-corrected chi connectivity index (χ0v) is 10.1. The van der Waals surface area contributed by atoms with E-state index >= 15 is 0 Å². The van der Waals surface area contributed by atoms with Gasteiger partial charge in [0.25, 0.3) is 5.91 Å². The van der Waals surface area contributed by atoms with Gasteiger partial charge in [0.05, 0.1) is 10.5 Å². The van der Waals surface area contributed by atoms with E-state index in [9.17, 15) is 28.1 Å². The Bertz CT molecular complexity index is 664. The first-order valence-electron chi connectivity index (χ1n) is 4.81. The maximum atomic E-state index is 12.2. The largest absolute Gasteiger partial charge is 0.451 e. The van der Waals surface area contributed by atoms with E-state index in [0.717, 1.165) is 17.4 Å². The van der Waals surface area contributed by atoms with Crippen molar-refractivity contribution in [3.8, 4) is 0 Å². The van der Waals surface area contributed by atoms with E-state index < -0.39 is 28.8 Å². The summed E-state index contributed by atoms with van der Waals surface area (Å²) in [5, 5.41) is 18.2. The number of nitrogens with zero attached hydrogens (tertiary/aromatic N) is 3. The minimum atomic E-state index is -4.71. The first-order valence-corrected chi connectivity index (χ1v) is 5.69. The van der Waals surface area contributed by atoms with Gasteiger partial charge < -0.3 is 0 Å². The molecule has 2 rings (SSSR count). The molecule has 0 atom stereocenters. The number of halogens is 3. The topological polar surface area (TPSA) is 114 Å². The summed E-state index contributed by atoms with van der Waals surface area (Å²) in [4.78, 5) is 24.4. The Morgan fingerprint density at radius 2 is 2.20 bits per heavy atom. The molecule has 0 aliphatic carbocycles. The van der Waals surface area contributed by atoms with Crippen LogP contribution in [-0.2, 0) is 6.18 Å². The van der Waals surface area contributed by atoms with Gasteiger partial charge in [-0.1, -0.05) is 11.3 Å². The third-order valence-corrected chi connectivity index (χ3v) is 2.89. The minimum Gasteiger partial charge on any atom is -0.289 e. The van der Waals surface area contributed by atoms with Crippen LogP contribution in [-0.4, -0.2) is 26.0 Å². The summed E-state index contributed by atoms with van der Waals surface area (Å²) in [6.07, 6.45) is -4.71. The van der Waals surface area contributed by atoms with Crippen LogP contribution in [0, 0.1) is 10.1 Å². The van der Waals surface area contributed by atoms with Gasteiger partial charge in [0, 0.05) is 11.4 Å². The van der Waals surface area contributed by atoms with Gasteiger partial charge in [-0.05, 0) is 0 Å². The van der Waals surface area contributed by atoms with E-state index in [1.54, 1.807) is 5.10 Å². The van der Waals surface area contributed by atoms with Gasteiger partial charge >= 0.3 is 11.2 Å². The molecule has 20 heavy (non-hydrogen) atoms. The maximum absolute atomic E-state index is 12.2. The fraction of sp³-hybridized carbons (Fsp3) is 0.125. The van der Waals surface area contributed by atoms with E-state index in [1.165, 1.54) is 5.38 Å². The van der Waals surface area contributed by atoms with Gasteiger partial charge in [-0.15, -0.1) is 5.10 Å². The molecule has 2 N–H and O–H groups in total. The molecule has 0 saturated heterocycles. The Hall–Kier alpha value is -2.50. The molecule has 0 spiro atoms. The molecular formula is C8H4F3N5O3S. The fourth-order valence-corrected chi connectivity index (χ4v) is 1.86. The van der Waals surface area contributed by atoms with E-state index in [1.807, 2.05) is 5.32 Å². The molecule has 2 aromatic heterocycles. The smallest absolute Gasteiger partial charge is 0.289 e. The number of anilines is 1. The summed E-state index contributed by atoms with van der Waals surface area (Å²) in [6, 6.07) is 0.997.